The van der Waals surface area contributed by atoms with Crippen LogP contribution in [0, 0.1) is 0 Å². The van der Waals surface area contributed by atoms with Gasteiger partial charge in [0.2, 0.25) is 5.95 Å². The number of hydrogen-bond acceptors (Lipinski definition) is 8. The van der Waals surface area contributed by atoms with E-state index in [2.05, 4.69) is 32.2 Å². The zero-order chi connectivity index (χ0) is 18.5. The van der Waals surface area contributed by atoms with Crippen molar-refractivity contribution in [3.05, 3.63) is 29.6 Å². The topological polar surface area (TPSA) is 124 Å². The van der Waals surface area contributed by atoms with Crippen molar-refractivity contribution in [1.82, 2.24) is 24.5 Å². The monoisotopic (exact) mass is 357 g/mol. The number of unbranched alkanes of at least 4 members (excludes halogenated alkanes) is 1. The third kappa shape index (κ3) is 3.67. The van der Waals surface area contributed by atoms with Gasteiger partial charge in [0, 0.05) is 12.7 Å². The number of imidazole rings is 1. The van der Waals surface area contributed by atoms with Crippen LogP contribution in [-0.2, 0) is 13.2 Å². The Balaban J connectivity index is 1.98. The van der Waals surface area contributed by atoms with Gasteiger partial charge >= 0.3 is 0 Å². The quantitative estimate of drug-likeness (QED) is 0.519. The predicted molar refractivity (Wildman–Crippen MR) is 98.9 cm³/mol. The van der Waals surface area contributed by atoms with Gasteiger partial charge in [0.1, 0.15) is 0 Å². The summed E-state index contributed by atoms with van der Waals surface area (Å²) in [7, 11) is 1.55. The van der Waals surface area contributed by atoms with Gasteiger partial charge in [0.25, 0.3) is 6.01 Å². The molecule has 3 aromatic rings. The average Bonchev–Trinajstić information content (AvgIpc) is 3.01. The fraction of sp³-hybridized carbons (Fsp3) is 0.412. The molecule has 3 aromatic heterocycles. The third-order valence-electron chi connectivity index (χ3n) is 3.97. The van der Waals surface area contributed by atoms with Gasteiger partial charge in [-0.1, -0.05) is 19.4 Å². The van der Waals surface area contributed by atoms with Crippen molar-refractivity contribution in [3.63, 3.8) is 0 Å². The van der Waals surface area contributed by atoms with Crippen LogP contribution in [0.5, 0.6) is 6.01 Å². The Bertz CT molecular complexity index is 877. The molecule has 3 rings (SSSR count). The number of hydrogen-bond donors (Lipinski definition) is 3. The van der Waals surface area contributed by atoms with Crippen LogP contribution in [-0.4, -0.2) is 43.3 Å². The highest BCUT2D eigenvalue weighted by Gasteiger charge is 2.18. The second kappa shape index (κ2) is 7.96. The molecule has 0 aliphatic rings. The summed E-state index contributed by atoms with van der Waals surface area (Å²) in [5, 5.41) is 12.3. The fourth-order valence-corrected chi connectivity index (χ4v) is 2.56. The van der Waals surface area contributed by atoms with Crippen LogP contribution in [0.25, 0.3) is 11.2 Å². The first kappa shape index (κ1) is 17.9. The van der Waals surface area contributed by atoms with Crippen molar-refractivity contribution >= 4 is 22.9 Å². The Morgan fingerprint density at radius 2 is 2.12 bits per heavy atom. The molecule has 0 spiro atoms. The molecule has 9 nitrogen and oxygen atoms in total. The molecule has 0 bridgehead atoms. The zero-order valence-electron chi connectivity index (χ0n) is 14.9. The standard InChI is InChI=1S/C17H23N7O2/c1-3-4-7-19-16-22-14(18)13-15(23-16)24(17(21-13)26-2)9-12-6-5-11(10-25)8-20-12/h5-6,8,25H,3-4,7,9-10H2,1-2H3,(H3,18,19,22,23). The molecule has 4 N–H and O–H groups in total. The largest absolute Gasteiger partial charge is 0.468 e. The number of aliphatic hydroxyl groups is 1. The lowest BCUT2D eigenvalue weighted by Gasteiger charge is -2.09. The van der Waals surface area contributed by atoms with Crippen molar-refractivity contribution in [1.29, 1.82) is 0 Å². The Hall–Kier alpha value is -2.94. The molecule has 138 valence electrons. The molecule has 26 heavy (non-hydrogen) atoms. The molecule has 0 fully saturated rings. The van der Waals surface area contributed by atoms with Gasteiger partial charge < -0.3 is 20.9 Å². The maximum Gasteiger partial charge on any atom is 0.298 e. The molecule has 3 heterocycles. The number of aromatic nitrogens is 5. The fourth-order valence-electron chi connectivity index (χ4n) is 2.56. The smallest absolute Gasteiger partial charge is 0.298 e. The summed E-state index contributed by atoms with van der Waals surface area (Å²) < 4.78 is 7.19. The number of nitrogens with zero attached hydrogens (tertiary/aromatic N) is 5. The molecule has 0 aromatic carbocycles. The van der Waals surface area contributed by atoms with E-state index in [1.165, 1.54) is 0 Å². The average molecular weight is 357 g/mol. The van der Waals surface area contributed by atoms with E-state index in [0.29, 0.717) is 35.5 Å². The molecular weight excluding hydrogens is 334 g/mol. The number of anilines is 2. The molecule has 0 saturated heterocycles. The number of ether oxygens (including phenoxy) is 1. The number of fused-ring (bicyclic) bond motifs is 1. The summed E-state index contributed by atoms with van der Waals surface area (Å²) in [6.45, 7) is 3.27. The lowest BCUT2D eigenvalue weighted by molar-refractivity contribution is 0.281. The van der Waals surface area contributed by atoms with Gasteiger partial charge in [-0.25, -0.2) is 0 Å². The van der Waals surface area contributed by atoms with Gasteiger partial charge in [0.15, 0.2) is 17.0 Å². The van der Waals surface area contributed by atoms with Crippen molar-refractivity contribution in [2.24, 2.45) is 0 Å². The number of pyridine rings is 1. The third-order valence-corrected chi connectivity index (χ3v) is 3.97. The minimum Gasteiger partial charge on any atom is -0.468 e. The molecule has 0 aliphatic carbocycles. The van der Waals surface area contributed by atoms with Crippen LogP contribution in [0.4, 0.5) is 11.8 Å². The van der Waals surface area contributed by atoms with Crippen LogP contribution in [0.1, 0.15) is 31.0 Å². The summed E-state index contributed by atoms with van der Waals surface area (Å²) >= 11 is 0. The number of nitrogen functional groups attached to an aromatic ring is 1. The van der Waals surface area contributed by atoms with Gasteiger partial charge in [0.05, 0.1) is 26.0 Å². The minimum absolute atomic E-state index is 0.0405. The Labute approximate surface area is 151 Å². The van der Waals surface area contributed by atoms with Crippen molar-refractivity contribution in [3.8, 4) is 6.01 Å². The van der Waals surface area contributed by atoms with E-state index < -0.39 is 0 Å². The molecular formula is C17H23N7O2. The van der Waals surface area contributed by atoms with E-state index in [-0.39, 0.29) is 6.61 Å². The normalized spacial score (nSPS) is 11.0. The van der Waals surface area contributed by atoms with E-state index in [0.717, 1.165) is 30.6 Å². The number of aliphatic hydroxyl groups excluding tert-OH is 1. The molecule has 0 aliphatic heterocycles. The van der Waals surface area contributed by atoms with E-state index in [4.69, 9.17) is 15.6 Å². The van der Waals surface area contributed by atoms with Crippen LogP contribution in [0.3, 0.4) is 0 Å². The van der Waals surface area contributed by atoms with Crippen LogP contribution in [0.2, 0.25) is 0 Å². The van der Waals surface area contributed by atoms with E-state index in [1.807, 2.05) is 12.1 Å². The summed E-state index contributed by atoms with van der Waals surface area (Å²) in [6, 6.07) is 4.07. The first-order valence-electron chi connectivity index (χ1n) is 8.52. The van der Waals surface area contributed by atoms with Gasteiger partial charge in [-0.15, -0.1) is 0 Å². The Morgan fingerprint density at radius 3 is 2.77 bits per heavy atom. The number of methoxy groups -OCH3 is 1. The predicted octanol–water partition coefficient (Wildman–Crippen LogP) is 1.56. The lowest BCUT2D eigenvalue weighted by atomic mass is 10.2. The highest BCUT2D eigenvalue weighted by atomic mass is 16.5. The van der Waals surface area contributed by atoms with E-state index in [1.54, 1.807) is 17.9 Å². The van der Waals surface area contributed by atoms with Gasteiger partial charge in [-0.3, -0.25) is 9.55 Å². The summed E-state index contributed by atoms with van der Waals surface area (Å²) in [6.07, 6.45) is 3.74. The molecule has 0 saturated carbocycles. The van der Waals surface area contributed by atoms with Gasteiger partial charge in [-0.05, 0) is 18.1 Å². The van der Waals surface area contributed by atoms with Crippen LogP contribution < -0.4 is 15.8 Å². The minimum atomic E-state index is -0.0405. The highest BCUT2D eigenvalue weighted by Crippen LogP contribution is 2.25. The van der Waals surface area contributed by atoms with E-state index in [9.17, 15) is 0 Å². The number of nitrogens with one attached hydrogen (secondary N) is 1. The number of rotatable bonds is 8. The van der Waals surface area contributed by atoms with Gasteiger partial charge in [-0.2, -0.15) is 15.0 Å². The molecule has 0 radical (unpaired) electrons. The van der Waals surface area contributed by atoms with Crippen LogP contribution in [0.15, 0.2) is 18.3 Å². The summed E-state index contributed by atoms with van der Waals surface area (Å²) in [5.74, 6) is 0.769. The molecule has 9 heteroatoms. The SMILES string of the molecule is CCCCNc1nc(N)c2nc(OC)n(Cc3ccc(CO)cn3)c2n1. The van der Waals surface area contributed by atoms with Crippen molar-refractivity contribution in [2.45, 2.75) is 32.9 Å². The van der Waals surface area contributed by atoms with E-state index >= 15 is 0 Å². The summed E-state index contributed by atoms with van der Waals surface area (Å²) in [5.41, 5.74) is 8.69. The summed E-state index contributed by atoms with van der Waals surface area (Å²) in [4.78, 5) is 17.6. The maximum absolute atomic E-state index is 9.15. The zero-order valence-corrected chi connectivity index (χ0v) is 14.9. The molecule has 0 unspecified atom stereocenters. The van der Waals surface area contributed by atoms with Crippen LogP contribution >= 0.6 is 0 Å². The Kier molecular flexibility index (Phi) is 5.47. The highest BCUT2D eigenvalue weighted by molar-refractivity contribution is 5.84. The second-order valence-electron chi connectivity index (χ2n) is 5.89. The molecule has 0 atom stereocenters. The number of nitrogens with two attached hydrogens (primary N) is 1. The second-order valence-corrected chi connectivity index (χ2v) is 5.89. The lowest BCUT2D eigenvalue weighted by Crippen LogP contribution is -2.09. The van der Waals surface area contributed by atoms with Crippen molar-refractivity contribution < 1.29 is 9.84 Å². The van der Waals surface area contributed by atoms with Crippen molar-refractivity contribution in [2.75, 3.05) is 24.7 Å². The first-order chi connectivity index (χ1) is 12.7. The Morgan fingerprint density at radius 1 is 1.27 bits per heavy atom. The maximum atomic E-state index is 9.15. The first-order valence-corrected chi connectivity index (χ1v) is 8.52. The molecule has 0 amide bonds.